The first-order valence-corrected chi connectivity index (χ1v) is 2.35. The maximum absolute atomic E-state index is 10.3. The average Bonchev–Trinajstić information content (AvgIpc) is 1.91. The lowest BCUT2D eigenvalue weighted by molar-refractivity contribution is -0.114. The minimum absolute atomic E-state index is 0.0679. The molecule has 38 valence electrons. The monoisotopic (exact) mass is 117 g/mol. The average molecular weight is 118 g/mol. The summed E-state index contributed by atoms with van der Waals surface area (Å²) in [6, 6.07) is 0. The number of alkyl halides is 1. The van der Waals surface area contributed by atoms with Gasteiger partial charge in [0.15, 0.2) is 11.3 Å². The molecule has 0 saturated heterocycles. The Morgan fingerprint density at radius 3 is 2.71 bits per heavy atom. The third kappa shape index (κ3) is 0.747. The predicted octanol–water partition coefficient (Wildman–Crippen LogP) is 0.237. The Labute approximate surface area is 46.2 Å². The second-order valence-electron chi connectivity index (χ2n) is 1.26. The Morgan fingerprint density at radius 2 is 2.57 bits per heavy atom. The molecule has 0 radical (unpaired) electrons. The van der Waals surface area contributed by atoms with Crippen molar-refractivity contribution in [2.24, 2.45) is 0 Å². The van der Waals surface area contributed by atoms with Crippen LogP contribution in [0.2, 0.25) is 0 Å². The number of nitrogens with one attached hydrogen (secondary N) is 1. The second kappa shape index (κ2) is 1.54. The van der Waals surface area contributed by atoms with E-state index in [1.54, 1.807) is 6.20 Å². The van der Waals surface area contributed by atoms with E-state index in [1.165, 1.54) is 6.08 Å². The third-order valence-electron chi connectivity index (χ3n) is 0.740. The standard InChI is InChI=1S/C4H4ClNO/c5-4-3(7)1-2-6-4/h1-2,4,6H. The van der Waals surface area contributed by atoms with Crippen LogP contribution < -0.4 is 5.32 Å². The lowest BCUT2D eigenvalue weighted by atomic mass is 10.4. The van der Waals surface area contributed by atoms with Gasteiger partial charge in [-0.2, -0.15) is 0 Å². The molecular formula is C4H4ClNO. The molecule has 1 aliphatic rings. The molecule has 0 saturated carbocycles. The highest BCUT2D eigenvalue weighted by Gasteiger charge is 2.13. The van der Waals surface area contributed by atoms with Crippen molar-refractivity contribution < 1.29 is 4.79 Å². The van der Waals surface area contributed by atoms with Gasteiger partial charge in [-0.15, -0.1) is 0 Å². The van der Waals surface area contributed by atoms with Gasteiger partial charge in [0, 0.05) is 12.3 Å². The highest BCUT2D eigenvalue weighted by Crippen LogP contribution is 1.99. The summed E-state index contributed by atoms with van der Waals surface area (Å²) in [6.07, 6.45) is 2.96. The predicted molar refractivity (Wildman–Crippen MR) is 26.9 cm³/mol. The molecule has 0 aromatic heterocycles. The molecule has 1 N–H and O–H groups in total. The summed E-state index contributed by atoms with van der Waals surface area (Å²) in [5.74, 6) is -0.0679. The number of rotatable bonds is 0. The van der Waals surface area contributed by atoms with Crippen LogP contribution in [0.5, 0.6) is 0 Å². The fourth-order valence-corrected chi connectivity index (χ4v) is 0.527. The summed E-state index contributed by atoms with van der Waals surface area (Å²) in [6.45, 7) is 0. The van der Waals surface area contributed by atoms with Crippen molar-refractivity contribution in [1.29, 1.82) is 0 Å². The number of ketones is 1. The van der Waals surface area contributed by atoms with Crippen molar-refractivity contribution in [2.45, 2.75) is 5.50 Å². The van der Waals surface area contributed by atoms with Crippen molar-refractivity contribution in [3.05, 3.63) is 12.3 Å². The lowest BCUT2D eigenvalue weighted by Crippen LogP contribution is -2.18. The molecule has 2 nitrogen and oxygen atoms in total. The van der Waals surface area contributed by atoms with Gasteiger partial charge in [0.05, 0.1) is 0 Å². The largest absolute Gasteiger partial charge is 0.369 e. The summed E-state index contributed by atoms with van der Waals surface area (Å²) in [5, 5.41) is 2.60. The quantitative estimate of drug-likeness (QED) is 0.364. The summed E-state index contributed by atoms with van der Waals surface area (Å²) in [7, 11) is 0. The molecule has 0 amide bonds. The topological polar surface area (TPSA) is 29.1 Å². The van der Waals surface area contributed by atoms with Crippen LogP contribution in [-0.4, -0.2) is 11.3 Å². The summed E-state index contributed by atoms with van der Waals surface area (Å²) in [5.41, 5.74) is -0.514. The van der Waals surface area contributed by atoms with Crippen LogP contribution in [0, 0.1) is 0 Å². The minimum Gasteiger partial charge on any atom is -0.369 e. The van der Waals surface area contributed by atoms with Crippen molar-refractivity contribution >= 4 is 17.4 Å². The Kier molecular flexibility index (Phi) is 1.02. The molecule has 3 heteroatoms. The first-order chi connectivity index (χ1) is 3.30. The Balaban J connectivity index is 2.62. The van der Waals surface area contributed by atoms with Crippen LogP contribution in [0.3, 0.4) is 0 Å². The van der Waals surface area contributed by atoms with E-state index in [2.05, 4.69) is 5.32 Å². The molecule has 1 atom stereocenters. The zero-order chi connectivity index (χ0) is 5.28. The van der Waals surface area contributed by atoms with E-state index in [0.29, 0.717) is 0 Å². The smallest absolute Gasteiger partial charge is 0.194 e. The maximum Gasteiger partial charge on any atom is 0.194 e. The van der Waals surface area contributed by atoms with Gasteiger partial charge in [0.2, 0.25) is 0 Å². The number of hydrogen-bond donors (Lipinski definition) is 1. The van der Waals surface area contributed by atoms with Gasteiger partial charge in [0.25, 0.3) is 0 Å². The van der Waals surface area contributed by atoms with E-state index in [-0.39, 0.29) is 5.78 Å². The number of carbonyl (C=O) groups excluding carboxylic acids is 1. The molecule has 0 aromatic rings. The van der Waals surface area contributed by atoms with E-state index in [1.807, 2.05) is 0 Å². The molecule has 0 aromatic carbocycles. The molecule has 1 heterocycles. The van der Waals surface area contributed by atoms with Gasteiger partial charge in [-0.05, 0) is 0 Å². The van der Waals surface area contributed by atoms with E-state index < -0.39 is 5.50 Å². The third-order valence-corrected chi connectivity index (χ3v) is 1.08. The molecule has 0 aliphatic carbocycles. The highest BCUT2D eigenvalue weighted by atomic mass is 35.5. The summed E-state index contributed by atoms with van der Waals surface area (Å²) in [4.78, 5) is 10.3. The van der Waals surface area contributed by atoms with Gasteiger partial charge >= 0.3 is 0 Å². The highest BCUT2D eigenvalue weighted by molar-refractivity contribution is 6.33. The fourth-order valence-electron chi connectivity index (χ4n) is 0.381. The molecule has 0 spiro atoms. The minimum atomic E-state index is -0.514. The van der Waals surface area contributed by atoms with Crippen molar-refractivity contribution in [3.8, 4) is 0 Å². The van der Waals surface area contributed by atoms with E-state index in [9.17, 15) is 4.79 Å². The Hall–Kier alpha value is -0.500. The van der Waals surface area contributed by atoms with Crippen LogP contribution in [0.25, 0.3) is 0 Å². The number of halogens is 1. The molecule has 1 unspecified atom stereocenters. The number of carbonyl (C=O) groups is 1. The Morgan fingerprint density at radius 1 is 1.86 bits per heavy atom. The van der Waals surface area contributed by atoms with Crippen LogP contribution in [0.15, 0.2) is 12.3 Å². The molecular weight excluding hydrogens is 114 g/mol. The zero-order valence-corrected chi connectivity index (χ0v) is 4.27. The first-order valence-electron chi connectivity index (χ1n) is 1.91. The van der Waals surface area contributed by atoms with Gasteiger partial charge in [0.1, 0.15) is 0 Å². The maximum atomic E-state index is 10.3. The lowest BCUT2D eigenvalue weighted by Gasteiger charge is -1.93. The first kappa shape index (κ1) is 4.65. The van der Waals surface area contributed by atoms with Crippen LogP contribution in [0.4, 0.5) is 0 Å². The van der Waals surface area contributed by atoms with Gasteiger partial charge in [-0.25, -0.2) is 0 Å². The van der Waals surface area contributed by atoms with Crippen LogP contribution in [-0.2, 0) is 4.79 Å². The van der Waals surface area contributed by atoms with Crippen molar-refractivity contribution in [3.63, 3.8) is 0 Å². The molecule has 7 heavy (non-hydrogen) atoms. The van der Waals surface area contributed by atoms with Crippen molar-refractivity contribution in [2.75, 3.05) is 0 Å². The normalized spacial score (nSPS) is 28.1. The van der Waals surface area contributed by atoms with E-state index in [4.69, 9.17) is 11.6 Å². The summed E-state index contributed by atoms with van der Waals surface area (Å²) < 4.78 is 0. The fraction of sp³-hybridized carbons (Fsp3) is 0.250. The summed E-state index contributed by atoms with van der Waals surface area (Å²) >= 11 is 5.34. The van der Waals surface area contributed by atoms with Crippen molar-refractivity contribution in [1.82, 2.24) is 5.32 Å². The van der Waals surface area contributed by atoms with E-state index >= 15 is 0 Å². The second-order valence-corrected chi connectivity index (χ2v) is 1.70. The molecule has 1 rings (SSSR count). The SMILES string of the molecule is O=C1C=CNC1Cl. The number of hydrogen-bond acceptors (Lipinski definition) is 2. The van der Waals surface area contributed by atoms with Crippen LogP contribution >= 0.6 is 11.6 Å². The molecule has 0 bridgehead atoms. The van der Waals surface area contributed by atoms with Gasteiger partial charge < -0.3 is 5.32 Å². The molecule has 0 fully saturated rings. The zero-order valence-electron chi connectivity index (χ0n) is 3.52. The molecule has 1 aliphatic heterocycles. The Bertz CT molecular complexity index is 121. The van der Waals surface area contributed by atoms with Crippen LogP contribution in [0.1, 0.15) is 0 Å². The van der Waals surface area contributed by atoms with E-state index in [0.717, 1.165) is 0 Å². The van der Waals surface area contributed by atoms with Gasteiger partial charge in [-0.1, -0.05) is 11.6 Å². The van der Waals surface area contributed by atoms with Gasteiger partial charge in [-0.3, -0.25) is 4.79 Å².